The van der Waals surface area contributed by atoms with Crippen LogP contribution in [0.2, 0.25) is 0 Å². The predicted octanol–water partition coefficient (Wildman–Crippen LogP) is 4.34. The molecule has 2 aromatic heterocycles. The van der Waals surface area contributed by atoms with E-state index in [1.54, 1.807) is 6.20 Å². The van der Waals surface area contributed by atoms with Crippen LogP contribution < -0.4 is 5.32 Å². The van der Waals surface area contributed by atoms with E-state index in [2.05, 4.69) is 43.2 Å². The van der Waals surface area contributed by atoms with Gasteiger partial charge >= 0.3 is 0 Å². The van der Waals surface area contributed by atoms with Crippen LogP contribution in [-0.4, -0.2) is 26.5 Å². The van der Waals surface area contributed by atoms with Gasteiger partial charge in [-0.25, -0.2) is 9.50 Å². The second-order valence-electron chi connectivity index (χ2n) is 8.42. The van der Waals surface area contributed by atoms with E-state index in [9.17, 15) is 4.79 Å². The van der Waals surface area contributed by atoms with E-state index in [0.29, 0.717) is 12.0 Å². The summed E-state index contributed by atoms with van der Waals surface area (Å²) in [5, 5.41) is 7.85. The molecule has 0 radical (unpaired) electrons. The van der Waals surface area contributed by atoms with Gasteiger partial charge in [-0.1, -0.05) is 58.0 Å². The van der Waals surface area contributed by atoms with Crippen LogP contribution in [-0.2, 0) is 18.3 Å². The zero-order valence-corrected chi connectivity index (χ0v) is 17.5. The number of rotatable bonds is 6. The van der Waals surface area contributed by atoms with Gasteiger partial charge in [-0.15, -0.1) is 0 Å². The number of fused-ring (bicyclic) bond motifs is 1. The van der Waals surface area contributed by atoms with E-state index < -0.39 is 0 Å². The lowest BCUT2D eigenvalue weighted by atomic mass is 9.93. The Morgan fingerprint density at radius 3 is 2.57 bits per heavy atom. The highest BCUT2D eigenvalue weighted by Crippen LogP contribution is 2.23. The van der Waals surface area contributed by atoms with Crippen molar-refractivity contribution >= 4 is 11.6 Å². The zero-order chi connectivity index (χ0) is 20.3. The molecule has 1 N–H and O–H groups in total. The van der Waals surface area contributed by atoms with Crippen molar-refractivity contribution in [3.63, 3.8) is 0 Å². The Bertz CT molecular complexity index is 954. The quantitative estimate of drug-likeness (QED) is 0.694. The number of aromatic nitrogens is 3. The maximum atomic E-state index is 12.9. The maximum Gasteiger partial charge on any atom is 0.254 e. The van der Waals surface area contributed by atoms with Crippen LogP contribution in [0.15, 0.2) is 42.6 Å². The number of hydrogen-bond acceptors (Lipinski definition) is 3. The molecular weight excluding hydrogens is 348 g/mol. The van der Waals surface area contributed by atoms with Crippen molar-refractivity contribution in [1.29, 1.82) is 0 Å². The Labute approximate surface area is 167 Å². The molecular formula is C23H30N4O. The van der Waals surface area contributed by atoms with Crippen LogP contribution in [0.3, 0.4) is 0 Å². The van der Waals surface area contributed by atoms with Crippen molar-refractivity contribution in [2.24, 2.45) is 0 Å². The van der Waals surface area contributed by atoms with Gasteiger partial charge < -0.3 is 5.32 Å². The first-order valence-electron chi connectivity index (χ1n) is 10.0. The summed E-state index contributed by atoms with van der Waals surface area (Å²) in [6, 6.07) is 12.4. The third-order valence-corrected chi connectivity index (χ3v) is 5.02. The zero-order valence-electron chi connectivity index (χ0n) is 17.5. The Balaban J connectivity index is 1.77. The first-order valence-corrected chi connectivity index (χ1v) is 10.0. The molecule has 0 saturated heterocycles. The molecule has 0 bridgehead atoms. The van der Waals surface area contributed by atoms with Crippen molar-refractivity contribution < 1.29 is 4.79 Å². The predicted molar refractivity (Wildman–Crippen MR) is 113 cm³/mol. The topological polar surface area (TPSA) is 59.3 Å². The number of hydrogen-bond donors (Lipinski definition) is 1. The summed E-state index contributed by atoms with van der Waals surface area (Å²) in [5.74, 6) is -0.0837. The molecule has 1 aromatic carbocycles. The van der Waals surface area contributed by atoms with Crippen molar-refractivity contribution in [2.75, 3.05) is 0 Å². The molecule has 5 heteroatoms. The number of nitrogens with zero attached hydrogens (tertiary/aromatic N) is 3. The summed E-state index contributed by atoms with van der Waals surface area (Å²) in [5.41, 5.74) is 4.48. The van der Waals surface area contributed by atoms with E-state index >= 15 is 0 Å². The van der Waals surface area contributed by atoms with Crippen molar-refractivity contribution in [3.8, 4) is 0 Å². The van der Waals surface area contributed by atoms with Crippen LogP contribution in [0.4, 0.5) is 0 Å². The van der Waals surface area contributed by atoms with Gasteiger partial charge in [-0.05, 0) is 31.7 Å². The highest BCUT2D eigenvalue weighted by Gasteiger charge is 2.22. The van der Waals surface area contributed by atoms with E-state index in [-0.39, 0.29) is 17.4 Å². The van der Waals surface area contributed by atoms with Crippen molar-refractivity contribution in [1.82, 2.24) is 19.9 Å². The molecule has 0 aliphatic heterocycles. The lowest BCUT2D eigenvalue weighted by Crippen LogP contribution is -2.34. The SMILES string of the molecule is CCc1c(C(=O)NC(C)CCc2ccccc2)cnc2cc(C(C)(C)C)nn12. The van der Waals surface area contributed by atoms with Crippen LogP contribution >= 0.6 is 0 Å². The van der Waals surface area contributed by atoms with Gasteiger partial charge in [0.05, 0.1) is 17.0 Å². The van der Waals surface area contributed by atoms with Gasteiger partial charge in [-0.3, -0.25) is 4.79 Å². The van der Waals surface area contributed by atoms with Gasteiger partial charge in [0, 0.05) is 23.7 Å². The van der Waals surface area contributed by atoms with Gasteiger partial charge in [0.1, 0.15) is 0 Å². The fourth-order valence-corrected chi connectivity index (χ4v) is 3.28. The number of benzene rings is 1. The molecule has 0 aliphatic rings. The van der Waals surface area contributed by atoms with Crippen LogP contribution in [0, 0.1) is 0 Å². The fourth-order valence-electron chi connectivity index (χ4n) is 3.28. The van der Waals surface area contributed by atoms with Gasteiger partial charge in [0.25, 0.3) is 5.91 Å². The second-order valence-corrected chi connectivity index (χ2v) is 8.42. The first-order chi connectivity index (χ1) is 13.3. The average Bonchev–Trinajstić information content (AvgIpc) is 3.11. The van der Waals surface area contributed by atoms with Crippen molar-refractivity contribution in [2.45, 2.75) is 65.3 Å². The lowest BCUT2D eigenvalue weighted by Gasteiger charge is -2.16. The second kappa shape index (κ2) is 8.13. The van der Waals surface area contributed by atoms with E-state index in [1.165, 1.54) is 5.56 Å². The summed E-state index contributed by atoms with van der Waals surface area (Å²) in [7, 11) is 0. The molecule has 3 aromatic rings. The summed E-state index contributed by atoms with van der Waals surface area (Å²) < 4.78 is 1.82. The summed E-state index contributed by atoms with van der Waals surface area (Å²) in [6.45, 7) is 10.5. The molecule has 2 heterocycles. The Hall–Kier alpha value is -2.69. The molecule has 0 fully saturated rings. The van der Waals surface area contributed by atoms with Crippen LogP contribution in [0.1, 0.15) is 68.3 Å². The Morgan fingerprint density at radius 2 is 1.93 bits per heavy atom. The molecule has 148 valence electrons. The highest BCUT2D eigenvalue weighted by atomic mass is 16.1. The minimum atomic E-state index is -0.0837. The normalized spacial score (nSPS) is 12.9. The summed E-state index contributed by atoms with van der Waals surface area (Å²) >= 11 is 0. The standard InChI is InChI=1S/C23H30N4O/c1-6-19-18(15-24-21-14-20(23(3,4)5)26-27(19)21)22(28)25-16(2)12-13-17-10-8-7-9-11-17/h7-11,14-16H,6,12-13H2,1-5H3,(H,25,28). The van der Waals surface area contributed by atoms with Crippen LogP contribution in [0.25, 0.3) is 5.65 Å². The average molecular weight is 379 g/mol. The smallest absolute Gasteiger partial charge is 0.254 e. The lowest BCUT2D eigenvalue weighted by molar-refractivity contribution is 0.0936. The van der Waals surface area contributed by atoms with Gasteiger partial charge in [0.15, 0.2) is 5.65 Å². The monoisotopic (exact) mass is 378 g/mol. The largest absolute Gasteiger partial charge is 0.349 e. The Kier molecular flexibility index (Phi) is 5.82. The number of aryl methyl sites for hydroxylation is 2. The molecule has 0 aliphatic carbocycles. The fraction of sp³-hybridized carbons (Fsp3) is 0.435. The summed E-state index contributed by atoms with van der Waals surface area (Å²) in [4.78, 5) is 17.4. The third-order valence-electron chi connectivity index (χ3n) is 5.02. The molecule has 0 saturated carbocycles. The Morgan fingerprint density at radius 1 is 1.21 bits per heavy atom. The number of amides is 1. The minimum Gasteiger partial charge on any atom is -0.349 e. The number of carbonyl (C=O) groups is 1. The third kappa shape index (κ3) is 4.41. The van der Waals surface area contributed by atoms with Gasteiger partial charge in [0.2, 0.25) is 0 Å². The molecule has 1 atom stereocenters. The molecule has 5 nitrogen and oxygen atoms in total. The highest BCUT2D eigenvalue weighted by molar-refractivity contribution is 5.95. The van der Waals surface area contributed by atoms with E-state index in [0.717, 1.165) is 29.9 Å². The maximum absolute atomic E-state index is 12.9. The molecule has 0 spiro atoms. The molecule has 1 unspecified atom stereocenters. The number of nitrogens with one attached hydrogen (secondary N) is 1. The van der Waals surface area contributed by atoms with Gasteiger partial charge in [-0.2, -0.15) is 5.10 Å². The first kappa shape index (κ1) is 20.1. The molecule has 1 amide bonds. The summed E-state index contributed by atoms with van der Waals surface area (Å²) in [6.07, 6.45) is 4.23. The van der Waals surface area contributed by atoms with E-state index in [1.807, 2.05) is 42.6 Å². The number of carbonyl (C=O) groups excluding carboxylic acids is 1. The van der Waals surface area contributed by atoms with Crippen molar-refractivity contribution in [3.05, 3.63) is 65.1 Å². The van der Waals surface area contributed by atoms with Crippen LogP contribution in [0.5, 0.6) is 0 Å². The molecule has 3 rings (SSSR count). The molecule has 28 heavy (non-hydrogen) atoms. The minimum absolute atomic E-state index is 0.0624. The van der Waals surface area contributed by atoms with E-state index in [4.69, 9.17) is 5.10 Å².